The van der Waals surface area contributed by atoms with E-state index in [1.165, 1.54) is 25.7 Å². The van der Waals surface area contributed by atoms with Crippen LogP contribution in [-0.4, -0.2) is 12.6 Å². The Morgan fingerprint density at radius 3 is 2.50 bits per heavy atom. The smallest absolute Gasteiger partial charge is 0.308 e. The van der Waals surface area contributed by atoms with Crippen LogP contribution in [0.5, 0.6) is 0 Å². The molecule has 1 N–H and O–H groups in total. The van der Waals surface area contributed by atoms with E-state index < -0.39 is 6.03 Å². The number of unbranched alkanes of at least 4 members (excludes halogenated alkanes) is 6. The maximum Gasteiger partial charge on any atom is 0.308 e. The molecule has 5 nitrogen and oxygen atoms in total. The Labute approximate surface area is 96.5 Å². The Hall–Kier alpha value is -1.48. The average Bonchev–Trinajstić information content (AvgIpc) is 2.27. The van der Waals surface area contributed by atoms with E-state index in [1.54, 1.807) is 0 Å². The molecule has 0 aromatic carbocycles. The minimum atomic E-state index is -0.589. The van der Waals surface area contributed by atoms with Crippen LogP contribution >= 0.6 is 0 Å². The molecule has 16 heavy (non-hydrogen) atoms. The van der Waals surface area contributed by atoms with Gasteiger partial charge in [-0.3, -0.25) is 4.79 Å². The molecule has 0 aromatic heterocycles. The number of rotatable bonds is 9. The predicted molar refractivity (Wildman–Crippen MR) is 65.1 cm³/mol. The molecule has 0 spiro atoms. The number of nitrogens with one attached hydrogen (secondary N) is 1. The Kier molecular flexibility index (Phi) is 10.5. The second kappa shape index (κ2) is 11.6. The van der Waals surface area contributed by atoms with E-state index in [2.05, 4.69) is 21.9 Å². The van der Waals surface area contributed by atoms with Crippen molar-refractivity contribution >= 4 is 6.03 Å². The molecular formula is C11H20N4O. The molecule has 90 valence electrons. The molecule has 5 heteroatoms. The molecule has 0 saturated carbocycles. The standard InChI is InChI=1S/C11H20N4O/c1-2-3-4-5-6-7-8-9-10-13-11(16)14-15-12/h2H,1,3-10H2,(H,13,16). The highest BCUT2D eigenvalue weighted by Gasteiger charge is 1.95. The Morgan fingerprint density at radius 1 is 1.25 bits per heavy atom. The van der Waals surface area contributed by atoms with Gasteiger partial charge >= 0.3 is 6.03 Å². The molecule has 0 atom stereocenters. The lowest BCUT2D eigenvalue weighted by Crippen LogP contribution is -2.20. The molecular weight excluding hydrogens is 204 g/mol. The first kappa shape index (κ1) is 14.5. The van der Waals surface area contributed by atoms with E-state index in [4.69, 9.17) is 5.53 Å². The summed E-state index contributed by atoms with van der Waals surface area (Å²) in [7, 11) is 0. The van der Waals surface area contributed by atoms with Crippen molar-refractivity contribution in [2.75, 3.05) is 6.54 Å². The largest absolute Gasteiger partial charge is 0.351 e. The number of amides is 2. The van der Waals surface area contributed by atoms with Crippen molar-refractivity contribution in [1.82, 2.24) is 5.32 Å². The van der Waals surface area contributed by atoms with Crippen LogP contribution in [0.2, 0.25) is 0 Å². The number of nitrogens with zero attached hydrogens (tertiary/aromatic N) is 3. The zero-order chi connectivity index (χ0) is 12.1. The minimum absolute atomic E-state index is 0.588. The third-order valence-electron chi connectivity index (χ3n) is 2.25. The highest BCUT2D eigenvalue weighted by atomic mass is 16.2. The van der Waals surface area contributed by atoms with Gasteiger partial charge in [-0.05, 0) is 24.8 Å². The molecule has 0 fully saturated rings. The summed E-state index contributed by atoms with van der Waals surface area (Å²) in [6, 6.07) is -0.589. The van der Waals surface area contributed by atoms with Gasteiger partial charge in [-0.25, -0.2) is 0 Å². The number of urea groups is 1. The topological polar surface area (TPSA) is 77.9 Å². The molecule has 0 heterocycles. The van der Waals surface area contributed by atoms with Crippen LogP contribution in [0.1, 0.15) is 44.9 Å². The minimum Gasteiger partial charge on any atom is -0.351 e. The van der Waals surface area contributed by atoms with Crippen molar-refractivity contribution in [3.05, 3.63) is 23.1 Å². The lowest BCUT2D eigenvalue weighted by molar-refractivity contribution is 0.248. The number of hydrogen-bond acceptors (Lipinski definition) is 1. The van der Waals surface area contributed by atoms with E-state index in [0.29, 0.717) is 6.54 Å². The van der Waals surface area contributed by atoms with Crippen LogP contribution in [0.3, 0.4) is 0 Å². The molecule has 0 aliphatic carbocycles. The summed E-state index contributed by atoms with van der Waals surface area (Å²) < 4.78 is 0. The first-order chi connectivity index (χ1) is 7.81. The van der Waals surface area contributed by atoms with Crippen molar-refractivity contribution in [2.45, 2.75) is 44.9 Å². The van der Waals surface area contributed by atoms with Gasteiger partial charge in [-0.15, -0.1) is 6.58 Å². The highest BCUT2D eigenvalue weighted by molar-refractivity contribution is 5.74. The normalized spacial score (nSPS) is 9.25. The fraction of sp³-hybridized carbons (Fsp3) is 0.727. The summed E-state index contributed by atoms with van der Waals surface area (Å²) in [4.78, 5) is 13.1. The zero-order valence-electron chi connectivity index (χ0n) is 9.69. The fourth-order valence-corrected chi connectivity index (χ4v) is 1.39. The molecule has 0 aromatic rings. The number of azide groups is 1. The number of hydrogen-bond donors (Lipinski definition) is 1. The summed E-state index contributed by atoms with van der Waals surface area (Å²) in [6.45, 7) is 4.26. The number of allylic oxidation sites excluding steroid dienone is 1. The van der Waals surface area contributed by atoms with Crippen molar-refractivity contribution in [3.63, 3.8) is 0 Å². The quantitative estimate of drug-likeness (QED) is 0.208. The second-order valence-electron chi connectivity index (χ2n) is 3.62. The van der Waals surface area contributed by atoms with Crippen LogP contribution < -0.4 is 5.32 Å². The lowest BCUT2D eigenvalue weighted by atomic mass is 10.1. The first-order valence-corrected chi connectivity index (χ1v) is 5.75. The first-order valence-electron chi connectivity index (χ1n) is 5.75. The van der Waals surface area contributed by atoms with Crippen molar-refractivity contribution in [2.24, 2.45) is 5.11 Å². The van der Waals surface area contributed by atoms with Crippen molar-refractivity contribution < 1.29 is 4.79 Å². The van der Waals surface area contributed by atoms with Gasteiger partial charge in [0.1, 0.15) is 0 Å². The summed E-state index contributed by atoms with van der Waals surface area (Å²) in [5.74, 6) is 0. The van der Waals surface area contributed by atoms with Gasteiger partial charge in [-0.1, -0.05) is 31.8 Å². The van der Waals surface area contributed by atoms with E-state index in [0.717, 1.165) is 19.3 Å². The molecule has 0 radical (unpaired) electrons. The molecule has 0 unspecified atom stereocenters. The van der Waals surface area contributed by atoms with Gasteiger partial charge < -0.3 is 5.32 Å². The highest BCUT2D eigenvalue weighted by Crippen LogP contribution is 2.06. The molecule has 0 bridgehead atoms. The van der Waals surface area contributed by atoms with Gasteiger partial charge in [-0.2, -0.15) is 0 Å². The van der Waals surface area contributed by atoms with E-state index >= 15 is 0 Å². The maximum absolute atomic E-state index is 10.7. The van der Waals surface area contributed by atoms with Gasteiger partial charge in [0.15, 0.2) is 0 Å². The van der Waals surface area contributed by atoms with E-state index in [9.17, 15) is 4.79 Å². The van der Waals surface area contributed by atoms with E-state index in [-0.39, 0.29) is 0 Å². The lowest BCUT2D eigenvalue weighted by Gasteiger charge is -2.01. The molecule has 0 saturated heterocycles. The summed E-state index contributed by atoms with van der Waals surface area (Å²) in [5, 5.41) is 5.44. The van der Waals surface area contributed by atoms with Crippen LogP contribution in [0.4, 0.5) is 4.79 Å². The SMILES string of the molecule is C=CCCCCCCCCNC(=O)N=[N+]=[N-]. The van der Waals surface area contributed by atoms with Crippen molar-refractivity contribution in [3.8, 4) is 0 Å². The Bertz CT molecular complexity index is 246. The monoisotopic (exact) mass is 224 g/mol. The third-order valence-corrected chi connectivity index (χ3v) is 2.25. The fourth-order valence-electron chi connectivity index (χ4n) is 1.39. The van der Waals surface area contributed by atoms with Crippen LogP contribution in [0.25, 0.3) is 10.4 Å². The second-order valence-corrected chi connectivity index (χ2v) is 3.62. The Balaban J connectivity index is 3.12. The number of carbonyl (C=O) groups is 1. The van der Waals surface area contributed by atoms with Crippen LogP contribution in [0, 0.1) is 0 Å². The number of carbonyl (C=O) groups excluding carboxylic acids is 1. The summed E-state index contributed by atoms with van der Waals surface area (Å²) >= 11 is 0. The van der Waals surface area contributed by atoms with Crippen molar-refractivity contribution in [1.29, 1.82) is 0 Å². The zero-order valence-corrected chi connectivity index (χ0v) is 9.69. The van der Waals surface area contributed by atoms with Gasteiger partial charge in [0.05, 0.1) is 0 Å². The average molecular weight is 224 g/mol. The third kappa shape index (κ3) is 10.6. The molecule has 0 rings (SSSR count). The Morgan fingerprint density at radius 2 is 1.88 bits per heavy atom. The predicted octanol–water partition coefficient (Wildman–Crippen LogP) is 3.92. The van der Waals surface area contributed by atoms with Gasteiger partial charge in [0, 0.05) is 16.6 Å². The molecule has 0 aliphatic rings. The van der Waals surface area contributed by atoms with Gasteiger partial charge in [0.2, 0.25) is 0 Å². The maximum atomic E-state index is 10.7. The van der Waals surface area contributed by atoms with E-state index in [1.807, 2.05) is 6.08 Å². The van der Waals surface area contributed by atoms with Crippen LogP contribution in [0.15, 0.2) is 17.8 Å². The molecule has 0 aliphatic heterocycles. The van der Waals surface area contributed by atoms with Gasteiger partial charge in [0.25, 0.3) is 0 Å². The van der Waals surface area contributed by atoms with Crippen LogP contribution in [-0.2, 0) is 0 Å². The molecule has 2 amide bonds. The summed E-state index contributed by atoms with van der Waals surface area (Å²) in [6.07, 6.45) is 9.98. The summed E-state index contributed by atoms with van der Waals surface area (Å²) in [5.41, 5.74) is 7.97.